The molecule has 1 aliphatic heterocycles. The minimum absolute atomic E-state index is 0.842. The molecule has 3 heteroatoms. The van der Waals surface area contributed by atoms with Crippen LogP contribution >= 0.6 is 11.8 Å². The molecule has 0 bridgehead atoms. The van der Waals surface area contributed by atoms with Crippen molar-refractivity contribution in [1.29, 1.82) is 0 Å². The Morgan fingerprint density at radius 1 is 0.944 bits per heavy atom. The lowest BCUT2D eigenvalue weighted by atomic mass is 9.99. The Labute approximate surface area is 111 Å². The number of benzene rings is 2. The number of fused-ring (bicyclic) bond motifs is 1. The van der Waals surface area contributed by atoms with E-state index in [2.05, 4.69) is 46.8 Å². The van der Waals surface area contributed by atoms with Crippen LogP contribution in [0.15, 0.2) is 63.7 Å². The van der Waals surface area contributed by atoms with Crippen molar-refractivity contribution in [2.45, 2.75) is 11.3 Å². The van der Waals surface area contributed by atoms with Gasteiger partial charge in [-0.25, -0.2) is 0 Å². The Hall–Kier alpha value is -1.61. The van der Waals surface area contributed by atoms with E-state index in [0.717, 1.165) is 23.7 Å². The molecule has 1 heterocycles. The van der Waals surface area contributed by atoms with E-state index in [1.165, 1.54) is 10.5 Å². The van der Waals surface area contributed by atoms with Crippen molar-refractivity contribution in [2.24, 2.45) is 10.2 Å². The maximum atomic E-state index is 4.28. The number of hydrogen-bond donors (Lipinski definition) is 0. The average Bonchev–Trinajstić information content (AvgIpc) is 2.83. The summed E-state index contributed by atoms with van der Waals surface area (Å²) >= 11 is 1.76. The van der Waals surface area contributed by atoms with Crippen molar-refractivity contribution in [3.05, 3.63) is 65.7 Å². The summed E-state index contributed by atoms with van der Waals surface area (Å²) in [5, 5.41) is 8.47. The van der Waals surface area contributed by atoms with Crippen LogP contribution in [0.3, 0.4) is 0 Å². The van der Waals surface area contributed by atoms with Crippen molar-refractivity contribution in [2.75, 3.05) is 6.26 Å². The standard InChI is InChI=1S/C15H13N2S/c1-18-12-8-6-11(7-9-12)10-15-13-4-2-3-5-14(13)16-17-15/h2-9H,10H2,1H3. The van der Waals surface area contributed by atoms with Crippen LogP contribution in [0.2, 0.25) is 0 Å². The summed E-state index contributed by atoms with van der Waals surface area (Å²) in [6.45, 7) is 0. The van der Waals surface area contributed by atoms with Gasteiger partial charge in [0.15, 0.2) is 0 Å². The predicted molar refractivity (Wildman–Crippen MR) is 75.2 cm³/mol. The van der Waals surface area contributed by atoms with Gasteiger partial charge in [0.05, 0.1) is 5.69 Å². The van der Waals surface area contributed by atoms with Crippen molar-refractivity contribution < 1.29 is 0 Å². The van der Waals surface area contributed by atoms with E-state index >= 15 is 0 Å². The lowest BCUT2D eigenvalue weighted by Crippen LogP contribution is -1.97. The van der Waals surface area contributed by atoms with Crippen LogP contribution in [0.1, 0.15) is 11.1 Å². The highest BCUT2D eigenvalue weighted by molar-refractivity contribution is 7.98. The van der Waals surface area contributed by atoms with Gasteiger partial charge in [0.1, 0.15) is 6.04 Å². The molecule has 89 valence electrons. The van der Waals surface area contributed by atoms with Crippen LogP contribution in [-0.4, -0.2) is 6.26 Å². The van der Waals surface area contributed by atoms with Crippen molar-refractivity contribution in [3.63, 3.8) is 0 Å². The van der Waals surface area contributed by atoms with E-state index < -0.39 is 0 Å². The Balaban J connectivity index is 1.80. The minimum atomic E-state index is 0.842. The first-order chi connectivity index (χ1) is 8.86. The van der Waals surface area contributed by atoms with Gasteiger partial charge < -0.3 is 0 Å². The zero-order valence-corrected chi connectivity index (χ0v) is 10.9. The normalized spacial score (nSPS) is 13.8. The highest BCUT2D eigenvalue weighted by atomic mass is 32.2. The highest BCUT2D eigenvalue weighted by Crippen LogP contribution is 2.36. The van der Waals surface area contributed by atoms with Gasteiger partial charge in [-0.2, -0.15) is 10.2 Å². The van der Waals surface area contributed by atoms with Crippen LogP contribution < -0.4 is 0 Å². The van der Waals surface area contributed by atoms with E-state index in [1.807, 2.05) is 18.2 Å². The van der Waals surface area contributed by atoms with Gasteiger partial charge in [0.2, 0.25) is 0 Å². The molecule has 0 spiro atoms. The summed E-state index contributed by atoms with van der Waals surface area (Å²) in [5.41, 5.74) is 3.41. The Bertz CT molecular complexity index is 575. The fourth-order valence-corrected chi connectivity index (χ4v) is 2.45. The average molecular weight is 253 g/mol. The van der Waals surface area contributed by atoms with E-state index in [9.17, 15) is 0 Å². The second-order valence-corrected chi connectivity index (χ2v) is 5.07. The second-order valence-electron chi connectivity index (χ2n) is 4.19. The molecule has 0 N–H and O–H groups in total. The van der Waals surface area contributed by atoms with Gasteiger partial charge in [-0.1, -0.05) is 30.3 Å². The molecule has 2 aromatic carbocycles. The Kier molecular flexibility index (Phi) is 3.15. The van der Waals surface area contributed by atoms with Crippen molar-refractivity contribution in [3.8, 4) is 0 Å². The molecule has 0 fully saturated rings. The summed E-state index contributed by atoms with van der Waals surface area (Å²) in [5.74, 6) is 0. The molecule has 0 unspecified atom stereocenters. The predicted octanol–water partition coefficient (Wildman–Crippen LogP) is 4.63. The maximum Gasteiger partial charge on any atom is 0.144 e. The van der Waals surface area contributed by atoms with Crippen molar-refractivity contribution in [1.82, 2.24) is 0 Å². The van der Waals surface area contributed by atoms with Crippen LogP contribution in [0.5, 0.6) is 0 Å². The van der Waals surface area contributed by atoms with Gasteiger partial charge >= 0.3 is 0 Å². The van der Waals surface area contributed by atoms with Crippen LogP contribution in [0.25, 0.3) is 0 Å². The van der Waals surface area contributed by atoms with Gasteiger partial charge in [0, 0.05) is 16.9 Å². The van der Waals surface area contributed by atoms with Crippen molar-refractivity contribution >= 4 is 17.4 Å². The first-order valence-electron chi connectivity index (χ1n) is 5.87. The molecule has 0 saturated carbocycles. The fraction of sp³-hybridized carbons (Fsp3) is 0.133. The number of azo groups is 1. The molecule has 3 rings (SSSR count). The Morgan fingerprint density at radius 2 is 1.72 bits per heavy atom. The van der Waals surface area contributed by atoms with Gasteiger partial charge in [-0.05, 0) is 30.0 Å². The van der Waals surface area contributed by atoms with E-state index in [0.29, 0.717) is 0 Å². The number of nitrogens with zero attached hydrogens (tertiary/aromatic N) is 2. The molecular weight excluding hydrogens is 240 g/mol. The lowest BCUT2D eigenvalue weighted by Gasteiger charge is -2.07. The second kappa shape index (κ2) is 4.94. The zero-order valence-electron chi connectivity index (χ0n) is 10.1. The summed E-state index contributed by atoms with van der Waals surface area (Å²) in [6.07, 6.45) is 2.93. The molecule has 2 nitrogen and oxygen atoms in total. The molecule has 1 radical (unpaired) electrons. The van der Waals surface area contributed by atoms with Crippen LogP contribution in [-0.2, 0) is 6.42 Å². The quantitative estimate of drug-likeness (QED) is 0.732. The highest BCUT2D eigenvalue weighted by Gasteiger charge is 2.21. The van der Waals surface area contributed by atoms with Crippen LogP contribution in [0, 0.1) is 6.04 Å². The first kappa shape index (κ1) is 11.5. The van der Waals surface area contributed by atoms with Gasteiger partial charge in [-0.15, -0.1) is 11.8 Å². The number of hydrogen-bond acceptors (Lipinski definition) is 3. The molecule has 0 atom stereocenters. The first-order valence-corrected chi connectivity index (χ1v) is 7.09. The van der Waals surface area contributed by atoms with E-state index in [4.69, 9.17) is 0 Å². The molecular formula is C15H13N2S. The van der Waals surface area contributed by atoms with Gasteiger partial charge in [0.25, 0.3) is 0 Å². The molecule has 0 saturated heterocycles. The summed E-state index contributed by atoms with van der Waals surface area (Å²) < 4.78 is 0. The lowest BCUT2D eigenvalue weighted by molar-refractivity contribution is 0.944. The molecule has 0 aromatic heterocycles. The third kappa shape index (κ3) is 2.18. The molecule has 2 aromatic rings. The molecule has 1 aliphatic rings. The molecule has 0 aliphatic carbocycles. The largest absolute Gasteiger partial charge is 0.174 e. The van der Waals surface area contributed by atoms with Gasteiger partial charge in [-0.3, -0.25) is 0 Å². The SMILES string of the molecule is CSc1ccc(C[C]2N=Nc3ccccc32)cc1. The third-order valence-corrected chi connectivity index (χ3v) is 3.77. The summed E-state index contributed by atoms with van der Waals surface area (Å²) in [6, 6.07) is 17.8. The maximum absolute atomic E-state index is 4.28. The molecule has 18 heavy (non-hydrogen) atoms. The zero-order chi connectivity index (χ0) is 12.4. The topological polar surface area (TPSA) is 24.7 Å². The summed E-state index contributed by atoms with van der Waals surface area (Å²) in [7, 11) is 0. The summed E-state index contributed by atoms with van der Waals surface area (Å²) in [4.78, 5) is 1.29. The minimum Gasteiger partial charge on any atom is -0.174 e. The monoisotopic (exact) mass is 253 g/mol. The molecule has 0 amide bonds. The van der Waals surface area contributed by atoms with E-state index in [-0.39, 0.29) is 0 Å². The van der Waals surface area contributed by atoms with E-state index in [1.54, 1.807) is 11.8 Å². The third-order valence-electron chi connectivity index (χ3n) is 3.02. The van der Waals surface area contributed by atoms with Crippen LogP contribution in [0.4, 0.5) is 5.69 Å². The Morgan fingerprint density at radius 3 is 2.50 bits per heavy atom. The number of thioether (sulfide) groups is 1. The smallest absolute Gasteiger partial charge is 0.144 e. The fourth-order valence-electron chi connectivity index (χ4n) is 2.04. The number of rotatable bonds is 3.